The third-order valence-corrected chi connectivity index (χ3v) is 29.4. The maximum Gasteiger partial charge on any atom is 0.164 e. The molecule has 0 amide bonds. The molecule has 5 aromatic heterocycles. The molecule has 21 heteroatoms. The van der Waals surface area contributed by atoms with Gasteiger partial charge in [0.25, 0.3) is 0 Å². The number of fused-ring (bicyclic) bond motifs is 25. The van der Waals surface area contributed by atoms with Crippen LogP contribution in [0.1, 0.15) is 253 Å². The Balaban J connectivity index is 0.000000132. The maximum absolute atomic E-state index is 12.5. The molecule has 0 spiro atoms. The van der Waals surface area contributed by atoms with Crippen molar-refractivity contribution >= 4 is 190 Å². The third kappa shape index (κ3) is 20.1. The number of rotatable bonds is 32. The van der Waals surface area contributed by atoms with Crippen molar-refractivity contribution in [2.75, 3.05) is 79.4 Å². The van der Waals surface area contributed by atoms with Gasteiger partial charge in [0.15, 0.2) is 34.7 Å². The Kier molecular flexibility index (Phi) is 32.2. The quantitative estimate of drug-likeness (QED) is 0.0151. The molecule has 0 unspecified atom stereocenters. The molecule has 15 aromatic rings. The highest BCUT2D eigenvalue weighted by Crippen LogP contribution is 2.49. The lowest BCUT2D eigenvalue weighted by Crippen LogP contribution is -2.26. The smallest absolute Gasteiger partial charge is 0.164 e. The van der Waals surface area contributed by atoms with Crippen LogP contribution in [0.25, 0.3) is 131 Å². The van der Waals surface area contributed by atoms with Crippen molar-refractivity contribution in [1.29, 1.82) is 0 Å². The first-order valence-corrected chi connectivity index (χ1v) is 50.8. The number of benzene rings is 10. The molecule has 0 bridgehead atoms. The number of phenols is 2. The number of phenolic OH excluding ortho intramolecular Hbond substituents is 2. The van der Waals surface area contributed by atoms with Gasteiger partial charge in [-0.05, 0) is 302 Å². The molecule has 10 aromatic carbocycles. The number of aromatic nitrogens is 5. The molecule has 732 valence electrons. The Labute approximate surface area is 834 Å². The number of hydrogen-bond acceptors (Lipinski definition) is 14. The average molecular weight is 1920 g/mol. The molecule has 19 nitrogen and oxygen atoms in total. The molecular weight excluding hydrogens is 1780 g/mol. The summed E-state index contributed by atoms with van der Waals surface area (Å²) in [5.41, 5.74) is 31.6. The summed E-state index contributed by atoms with van der Waals surface area (Å²) in [6.45, 7) is 50.8. The highest BCUT2D eigenvalue weighted by atomic mass is 35.5. The number of aromatic hydroxyl groups is 2. The van der Waals surface area contributed by atoms with Crippen LogP contribution in [-0.4, -0.2) is 169 Å². The van der Waals surface area contributed by atoms with E-state index in [-0.39, 0.29) is 47.0 Å². The minimum absolute atomic E-state index is 0. The summed E-state index contributed by atoms with van der Waals surface area (Å²) in [6, 6.07) is 45.8. The van der Waals surface area contributed by atoms with Gasteiger partial charge >= 0.3 is 0 Å². The van der Waals surface area contributed by atoms with E-state index in [0.29, 0.717) is 89.8 Å². The zero-order valence-electron chi connectivity index (χ0n) is 84.4. The summed E-state index contributed by atoms with van der Waals surface area (Å²) in [6.07, 6.45) is 13.2. The second kappa shape index (κ2) is 44.0. The van der Waals surface area contributed by atoms with Gasteiger partial charge in [-0.25, -0.2) is 0 Å². The van der Waals surface area contributed by atoms with E-state index in [0.717, 1.165) is 226 Å². The van der Waals surface area contributed by atoms with Crippen molar-refractivity contribution in [3.63, 3.8) is 0 Å². The largest absolute Gasteiger partial charge is 0.507 e. The lowest BCUT2D eigenvalue weighted by atomic mass is 9.97. The monoisotopic (exact) mass is 1920 g/mol. The number of methoxy groups -OCH3 is 1. The van der Waals surface area contributed by atoms with Gasteiger partial charge in [-0.3, -0.25) is 28.8 Å². The molecule has 0 saturated heterocycles. The number of likely N-dealkylation sites (N-methyl/N-ethyl adjacent to an activating group) is 1. The van der Waals surface area contributed by atoms with Crippen molar-refractivity contribution in [3.8, 4) is 17.2 Å². The fourth-order valence-electron chi connectivity index (χ4n) is 22.2. The number of alkyl halides is 1. The molecule has 0 fully saturated rings. The van der Waals surface area contributed by atoms with Crippen LogP contribution in [0.3, 0.4) is 0 Å². The Morgan fingerprint density at radius 2 is 0.807 bits per heavy atom. The SMILES string of the molecule is C=C(C)c1cc2c3cc(C(C)=O)c(O)cc3n(CCNC(C)C)c2cc1O.C=C1CCc2c1ccc1c2c2c3c(ccc2n1CCCNCC)C(=O)CC3.C=C1CCc2c1ccc1c2c2c3c(ccc2n1CCNC(C)C)C(=O)CC3.C=C1CCc2c1ccc1c2c2cc(C(C)=O)c(OC)cc2n1CCCN(C)C.CCCC(=O)c1ccc2c(c1)c1cc(C(=O)CCCl)ccc1n2CCN(CC)CC.Cl. The van der Waals surface area contributed by atoms with E-state index < -0.39 is 0 Å². The zero-order valence-corrected chi connectivity index (χ0v) is 85.9. The van der Waals surface area contributed by atoms with E-state index in [2.05, 4.69) is 204 Å². The van der Waals surface area contributed by atoms with Crippen LogP contribution in [0.15, 0.2) is 160 Å². The number of carbonyl (C=O) groups excluding carboxylic acids is 6. The van der Waals surface area contributed by atoms with Crippen LogP contribution in [0, 0.1) is 0 Å². The summed E-state index contributed by atoms with van der Waals surface area (Å²) < 4.78 is 17.3. The molecular formula is C119H138Cl2N10O9. The van der Waals surface area contributed by atoms with Crippen LogP contribution in [-0.2, 0) is 64.8 Å². The van der Waals surface area contributed by atoms with Crippen LogP contribution >= 0.6 is 24.0 Å². The number of Topliss-reactive ketones (excluding diaryl/α,β-unsaturated/α-hetero) is 6. The number of halogens is 2. The van der Waals surface area contributed by atoms with Gasteiger partial charge in [-0.2, -0.15) is 0 Å². The first kappa shape index (κ1) is 102. The van der Waals surface area contributed by atoms with E-state index in [1.54, 1.807) is 32.2 Å². The average Bonchev–Trinajstić information content (AvgIpc) is 1.57. The summed E-state index contributed by atoms with van der Waals surface area (Å²) in [5, 5.41) is 42.8. The molecule has 0 radical (unpaired) electrons. The molecule has 5 N–H and O–H groups in total. The van der Waals surface area contributed by atoms with Crippen molar-refractivity contribution in [3.05, 3.63) is 243 Å². The first-order chi connectivity index (χ1) is 66.9. The van der Waals surface area contributed by atoms with Crippen LogP contribution in [0.4, 0.5) is 0 Å². The Hall–Kier alpha value is -12.0. The molecule has 0 aliphatic heterocycles. The topological polar surface area (TPSA) is 219 Å². The van der Waals surface area contributed by atoms with Gasteiger partial charge in [0.2, 0.25) is 0 Å². The molecule has 5 aliphatic rings. The number of carbonyl (C=O) groups is 6. The second-order valence-electron chi connectivity index (χ2n) is 39.2. The third-order valence-electron chi connectivity index (χ3n) is 29.2. The normalized spacial score (nSPS) is 13.6. The molecule has 20 rings (SSSR count). The van der Waals surface area contributed by atoms with Crippen molar-refractivity contribution < 1.29 is 43.7 Å². The fraction of sp³-hybridized carbons (Fsp3) is 0.378. The predicted molar refractivity (Wildman–Crippen MR) is 586 cm³/mol. The van der Waals surface area contributed by atoms with Gasteiger partial charge in [0.05, 0.1) is 34.8 Å². The number of allylic oxidation sites excluding steroid dienone is 4. The van der Waals surface area contributed by atoms with Crippen molar-refractivity contribution in [1.82, 2.24) is 48.6 Å². The Morgan fingerprint density at radius 1 is 0.429 bits per heavy atom. The lowest BCUT2D eigenvalue weighted by molar-refractivity contribution is 0.0975. The molecule has 140 heavy (non-hydrogen) atoms. The van der Waals surface area contributed by atoms with Gasteiger partial charge in [-0.15, -0.1) is 24.0 Å². The van der Waals surface area contributed by atoms with Crippen LogP contribution in [0.2, 0.25) is 0 Å². The summed E-state index contributed by atoms with van der Waals surface area (Å²) >= 11 is 5.78. The van der Waals surface area contributed by atoms with Crippen molar-refractivity contribution in [2.24, 2.45) is 0 Å². The number of nitrogens with one attached hydrogen (secondary N) is 3. The molecule has 0 atom stereocenters. The minimum atomic E-state index is -0.185. The highest BCUT2D eigenvalue weighted by Gasteiger charge is 2.33. The van der Waals surface area contributed by atoms with Gasteiger partial charge < -0.3 is 63.5 Å². The molecule has 5 aliphatic carbocycles. The predicted octanol–water partition coefficient (Wildman–Crippen LogP) is 25.5. The van der Waals surface area contributed by atoms with Crippen LogP contribution in [0.5, 0.6) is 17.2 Å². The second-order valence-corrected chi connectivity index (χ2v) is 39.6. The first-order valence-electron chi connectivity index (χ1n) is 50.3. The van der Waals surface area contributed by atoms with Crippen molar-refractivity contribution in [2.45, 2.75) is 217 Å². The number of aryl methyl sites for hydroxylation is 7. The molecule has 5 heterocycles. The van der Waals surface area contributed by atoms with E-state index in [1.165, 1.54) is 123 Å². The standard InChI is InChI=1S/C25H31ClN2O2.C24H28N2O2.2C24H26N2O.C22H26N2O3.ClH/c1-4-7-24(29)18-8-10-22-20(16-18)21-17-19(25(30)12-13-26)9-11-23(21)28(22)15-14-27(5-2)6-3;1-15-7-8-18-17(15)9-10-21-24(18)20-13-19(16(2)27)23(28-5)14-22(20)26(21)12-6-11-25(3)4;1-14(2)25-12-13-26-20-9-6-16-15(3)4-5-18(16)23(20)24-19-8-11-22(27)17(19)7-10-21(24)26;1-3-25-13-4-14-26-20-10-7-16-15(2)5-6-18(16)23(20)24-19-9-12-22(27)17(19)8-11-21(24)26;1-12(2)15-8-17-18-9-16(14(5)25)22(27)11-20(18)24(7-6-23-13(3)4)19(17)10-21(15)26;/h8-11,16-17H,4-7,12-15H2,1-3H3;9-10,13-14H,1,6-8,11-12H2,2-5H3;6-7,9-10,14,25H,3-5,8,11-13H2,1-2H3;7-8,10-11,25H,2-6,9,12-14H2,1H3;8-11,13,23,26-27H,1,6-7H2,2-5H3;1H. The van der Waals surface area contributed by atoms with Crippen LogP contribution < -0.4 is 20.7 Å². The van der Waals surface area contributed by atoms with E-state index in [9.17, 15) is 39.0 Å². The summed E-state index contributed by atoms with van der Waals surface area (Å²) in [7, 11) is 5.84. The minimum Gasteiger partial charge on any atom is -0.507 e. The summed E-state index contributed by atoms with van der Waals surface area (Å²) in [5.74, 6) is 1.78. The molecule has 0 saturated carbocycles. The van der Waals surface area contributed by atoms with Gasteiger partial charge in [0, 0.05) is 235 Å². The summed E-state index contributed by atoms with van der Waals surface area (Å²) in [4.78, 5) is 78.4. The maximum atomic E-state index is 12.5. The lowest BCUT2D eigenvalue weighted by Gasteiger charge is -2.19. The zero-order chi connectivity index (χ0) is 98.8. The number of ketones is 6. The fourth-order valence-corrected chi connectivity index (χ4v) is 22.3. The van der Waals surface area contributed by atoms with E-state index in [4.69, 9.17) is 16.3 Å². The van der Waals surface area contributed by atoms with Gasteiger partial charge in [-0.1, -0.05) is 99.9 Å². The number of hydrogen-bond donors (Lipinski definition) is 5. The van der Waals surface area contributed by atoms with E-state index >= 15 is 0 Å². The Bertz CT molecular complexity index is 7170. The number of nitrogens with zero attached hydrogens (tertiary/aromatic N) is 7. The van der Waals surface area contributed by atoms with Gasteiger partial charge in [0.1, 0.15) is 17.2 Å². The Morgan fingerprint density at radius 3 is 1.24 bits per heavy atom. The van der Waals surface area contributed by atoms with E-state index in [1.807, 2.05) is 62.4 Å². The highest BCUT2D eigenvalue weighted by molar-refractivity contribution is 6.22. The number of ether oxygens (including phenoxy) is 1.